The quantitative estimate of drug-likeness (QED) is 0.345. The van der Waals surface area contributed by atoms with E-state index in [0.29, 0.717) is 22.4 Å². The molecule has 0 bridgehead atoms. The first-order chi connectivity index (χ1) is 14.2. The Morgan fingerprint density at radius 2 is 1.87 bits per heavy atom. The second-order valence-electron chi connectivity index (χ2n) is 7.22. The van der Waals surface area contributed by atoms with Crippen LogP contribution in [0, 0.1) is 11.3 Å². The number of nitrogens with one attached hydrogen (secondary N) is 2. The van der Waals surface area contributed by atoms with Gasteiger partial charge in [-0.25, -0.2) is 13.6 Å². The topological polar surface area (TPSA) is 139 Å². The SMILES string of the molecule is N=C(N)c1cccc([C@H]2C[C@H]2C(=O)Nc2ccc(-c3ccsc3S(N)(=O)=O)cc2)c1. The van der Waals surface area contributed by atoms with Crippen molar-refractivity contribution in [3.05, 3.63) is 71.1 Å². The number of amides is 1. The number of benzene rings is 2. The molecular weight excluding hydrogens is 420 g/mol. The van der Waals surface area contributed by atoms with Crippen LogP contribution in [0.15, 0.2) is 64.2 Å². The minimum absolute atomic E-state index is 0.00908. The number of hydrogen-bond donors (Lipinski definition) is 4. The van der Waals surface area contributed by atoms with Gasteiger partial charge in [-0.2, -0.15) is 0 Å². The number of nitrogens with two attached hydrogens (primary N) is 2. The van der Waals surface area contributed by atoms with Gasteiger partial charge in [0.25, 0.3) is 0 Å². The molecule has 1 aliphatic rings. The van der Waals surface area contributed by atoms with Crippen molar-refractivity contribution in [2.45, 2.75) is 16.5 Å². The van der Waals surface area contributed by atoms with Crippen LogP contribution in [-0.2, 0) is 14.8 Å². The molecule has 30 heavy (non-hydrogen) atoms. The van der Waals surface area contributed by atoms with Crippen LogP contribution in [0.2, 0.25) is 0 Å². The van der Waals surface area contributed by atoms with Gasteiger partial charge in [0.1, 0.15) is 10.0 Å². The third-order valence-electron chi connectivity index (χ3n) is 5.10. The maximum absolute atomic E-state index is 12.6. The van der Waals surface area contributed by atoms with E-state index >= 15 is 0 Å². The van der Waals surface area contributed by atoms with E-state index in [-0.39, 0.29) is 27.8 Å². The first-order valence-corrected chi connectivity index (χ1v) is 11.6. The van der Waals surface area contributed by atoms with Crippen molar-refractivity contribution in [3.8, 4) is 11.1 Å². The lowest BCUT2D eigenvalue weighted by Crippen LogP contribution is -2.15. The Kier molecular flexibility index (Phi) is 5.19. The molecule has 1 saturated carbocycles. The van der Waals surface area contributed by atoms with E-state index in [0.717, 1.165) is 23.3 Å². The van der Waals surface area contributed by atoms with Gasteiger partial charge in [0, 0.05) is 22.7 Å². The lowest BCUT2D eigenvalue weighted by molar-refractivity contribution is -0.117. The summed E-state index contributed by atoms with van der Waals surface area (Å²) in [6.07, 6.45) is 0.748. The molecule has 0 aliphatic heterocycles. The Bertz CT molecular complexity index is 1230. The molecule has 1 aliphatic carbocycles. The second-order valence-corrected chi connectivity index (χ2v) is 9.89. The summed E-state index contributed by atoms with van der Waals surface area (Å²) in [5, 5.41) is 17.4. The molecule has 0 saturated heterocycles. The summed E-state index contributed by atoms with van der Waals surface area (Å²) in [6, 6.07) is 16.1. The molecule has 9 heteroatoms. The molecule has 7 nitrogen and oxygen atoms in total. The fourth-order valence-electron chi connectivity index (χ4n) is 3.49. The molecule has 2 atom stereocenters. The zero-order chi connectivity index (χ0) is 21.5. The average molecular weight is 441 g/mol. The van der Waals surface area contributed by atoms with E-state index in [1.165, 1.54) is 0 Å². The van der Waals surface area contributed by atoms with E-state index in [4.69, 9.17) is 16.3 Å². The minimum Gasteiger partial charge on any atom is -0.384 e. The highest BCUT2D eigenvalue weighted by atomic mass is 32.2. The molecule has 0 spiro atoms. The minimum atomic E-state index is -3.78. The molecule has 1 heterocycles. The molecular formula is C21H20N4O3S2. The van der Waals surface area contributed by atoms with E-state index < -0.39 is 10.0 Å². The molecule has 1 amide bonds. The van der Waals surface area contributed by atoms with Crippen molar-refractivity contribution in [2.24, 2.45) is 16.8 Å². The predicted octanol–water partition coefficient (Wildman–Crippen LogP) is 3.09. The fourth-order valence-corrected chi connectivity index (χ4v) is 5.32. The second kappa shape index (κ2) is 7.67. The molecule has 2 aromatic carbocycles. The standard InChI is InChI=1S/C21H20N4O3S2/c22-19(23)14-3-1-2-13(10-14)17-11-18(17)20(26)25-15-6-4-12(5-7-15)16-8-9-29-21(16)30(24,27)28/h1-10,17-18H,11H2,(H3,22,23)(H,25,26)(H2,24,27,28)/t17-,18-/m1/s1. The van der Waals surface area contributed by atoms with Crippen molar-refractivity contribution < 1.29 is 13.2 Å². The summed E-state index contributed by atoms with van der Waals surface area (Å²) >= 11 is 1.08. The highest BCUT2D eigenvalue weighted by Gasteiger charge is 2.44. The molecule has 154 valence electrons. The number of rotatable bonds is 6. The third-order valence-corrected chi connectivity index (χ3v) is 7.53. The maximum atomic E-state index is 12.6. The molecule has 6 N–H and O–H groups in total. The normalized spacial score (nSPS) is 18.0. The fraction of sp³-hybridized carbons (Fsp3) is 0.143. The van der Waals surface area contributed by atoms with Crippen molar-refractivity contribution in [1.29, 1.82) is 5.41 Å². The number of carbonyl (C=O) groups is 1. The number of primary sulfonamides is 1. The molecule has 0 radical (unpaired) electrons. The van der Waals surface area contributed by atoms with Gasteiger partial charge in [-0.05, 0) is 53.1 Å². The van der Waals surface area contributed by atoms with Crippen LogP contribution in [0.3, 0.4) is 0 Å². The van der Waals surface area contributed by atoms with E-state index in [1.807, 2.05) is 18.2 Å². The summed E-state index contributed by atoms with van der Waals surface area (Å²) in [7, 11) is -3.78. The van der Waals surface area contributed by atoms with Gasteiger partial charge >= 0.3 is 0 Å². The summed E-state index contributed by atoms with van der Waals surface area (Å²) < 4.78 is 23.5. The largest absolute Gasteiger partial charge is 0.384 e. The van der Waals surface area contributed by atoms with Crippen molar-refractivity contribution in [3.63, 3.8) is 0 Å². The summed E-state index contributed by atoms with van der Waals surface area (Å²) in [5.74, 6) is -0.0685. The van der Waals surface area contributed by atoms with Crippen LogP contribution in [-0.4, -0.2) is 20.2 Å². The molecule has 1 aromatic heterocycles. The lowest BCUT2D eigenvalue weighted by atomic mass is 10.0. The van der Waals surface area contributed by atoms with Crippen LogP contribution < -0.4 is 16.2 Å². The van der Waals surface area contributed by atoms with Gasteiger partial charge in [-0.15, -0.1) is 11.3 Å². The summed E-state index contributed by atoms with van der Waals surface area (Å²) in [5.41, 5.74) is 9.10. The van der Waals surface area contributed by atoms with Gasteiger partial charge < -0.3 is 11.1 Å². The molecule has 1 fully saturated rings. The number of nitrogen functional groups attached to an aromatic ring is 1. The highest BCUT2D eigenvalue weighted by molar-refractivity contribution is 7.91. The Morgan fingerprint density at radius 1 is 1.13 bits per heavy atom. The average Bonchev–Trinajstić information content (AvgIpc) is 3.35. The summed E-state index contributed by atoms with van der Waals surface area (Å²) in [6.45, 7) is 0. The van der Waals surface area contributed by atoms with E-state index in [2.05, 4.69) is 5.32 Å². The van der Waals surface area contributed by atoms with Crippen LogP contribution in [0.4, 0.5) is 5.69 Å². The molecule has 3 aromatic rings. The van der Waals surface area contributed by atoms with Gasteiger partial charge in [0.2, 0.25) is 15.9 Å². The Morgan fingerprint density at radius 3 is 2.53 bits per heavy atom. The van der Waals surface area contributed by atoms with Crippen LogP contribution in [0.25, 0.3) is 11.1 Å². The number of anilines is 1. The smallest absolute Gasteiger partial charge is 0.248 e. The van der Waals surface area contributed by atoms with Crippen molar-refractivity contribution in [2.75, 3.05) is 5.32 Å². The zero-order valence-electron chi connectivity index (χ0n) is 15.8. The van der Waals surface area contributed by atoms with Crippen molar-refractivity contribution in [1.82, 2.24) is 0 Å². The molecule has 0 unspecified atom stereocenters. The number of carbonyl (C=O) groups excluding carboxylic acids is 1. The van der Waals surface area contributed by atoms with E-state index in [9.17, 15) is 13.2 Å². The van der Waals surface area contributed by atoms with Gasteiger partial charge in [-0.1, -0.05) is 30.3 Å². The Hall–Kier alpha value is -3.01. The first kappa shape index (κ1) is 20.3. The number of sulfonamides is 1. The molecule has 4 rings (SSSR count). The monoisotopic (exact) mass is 440 g/mol. The van der Waals surface area contributed by atoms with Gasteiger partial charge in [0.05, 0.1) is 0 Å². The third kappa shape index (κ3) is 4.13. The predicted molar refractivity (Wildman–Crippen MR) is 118 cm³/mol. The Balaban J connectivity index is 1.44. The number of amidine groups is 1. The number of hydrogen-bond acceptors (Lipinski definition) is 5. The van der Waals surface area contributed by atoms with Gasteiger partial charge in [0.15, 0.2) is 0 Å². The Labute approximate surface area is 178 Å². The summed E-state index contributed by atoms with van der Waals surface area (Å²) in [4.78, 5) is 12.6. The van der Waals surface area contributed by atoms with Crippen LogP contribution in [0.1, 0.15) is 23.5 Å². The zero-order valence-corrected chi connectivity index (χ0v) is 17.5. The van der Waals surface area contributed by atoms with Gasteiger partial charge in [-0.3, -0.25) is 10.2 Å². The first-order valence-electron chi connectivity index (χ1n) is 9.20. The van der Waals surface area contributed by atoms with Crippen LogP contribution in [0.5, 0.6) is 0 Å². The van der Waals surface area contributed by atoms with Crippen LogP contribution >= 0.6 is 11.3 Å². The number of thiophene rings is 1. The lowest BCUT2D eigenvalue weighted by Gasteiger charge is -2.08. The van der Waals surface area contributed by atoms with Crippen molar-refractivity contribution >= 4 is 38.8 Å². The highest BCUT2D eigenvalue weighted by Crippen LogP contribution is 2.48. The maximum Gasteiger partial charge on any atom is 0.248 e. The van der Waals surface area contributed by atoms with E-state index in [1.54, 1.807) is 41.8 Å².